The SMILES string of the molecule is CC(CNc1sc2c(c1C(N)=O)CCC2)Sc1nnc(-c2ccco2)n1-c1ccccc1. The van der Waals surface area contributed by atoms with E-state index in [1.807, 2.05) is 47.0 Å². The van der Waals surface area contributed by atoms with Gasteiger partial charge in [0.25, 0.3) is 5.91 Å². The molecular formula is C23H23N5O2S2. The Balaban J connectivity index is 1.37. The summed E-state index contributed by atoms with van der Waals surface area (Å²) >= 11 is 3.28. The molecule has 0 radical (unpaired) electrons. The van der Waals surface area contributed by atoms with Crippen LogP contribution in [0.4, 0.5) is 5.00 Å². The van der Waals surface area contributed by atoms with Gasteiger partial charge >= 0.3 is 0 Å². The molecule has 0 fully saturated rings. The molecule has 5 rings (SSSR count). The number of nitrogens with two attached hydrogens (primary N) is 1. The van der Waals surface area contributed by atoms with E-state index in [-0.39, 0.29) is 11.2 Å². The first kappa shape index (κ1) is 20.8. The molecule has 3 heterocycles. The topological polar surface area (TPSA) is 99.0 Å². The quantitative estimate of drug-likeness (QED) is 0.364. The van der Waals surface area contributed by atoms with E-state index in [4.69, 9.17) is 10.2 Å². The average molecular weight is 466 g/mol. The number of nitrogens with one attached hydrogen (secondary N) is 1. The van der Waals surface area contributed by atoms with Crippen LogP contribution >= 0.6 is 23.1 Å². The number of rotatable bonds is 8. The van der Waals surface area contributed by atoms with Crippen molar-refractivity contribution in [2.45, 2.75) is 36.6 Å². The molecule has 164 valence electrons. The number of fused-ring (bicyclic) bond motifs is 1. The van der Waals surface area contributed by atoms with Crippen molar-refractivity contribution in [3.8, 4) is 17.3 Å². The fourth-order valence-corrected chi connectivity index (χ4v) is 6.18. The summed E-state index contributed by atoms with van der Waals surface area (Å²) in [5.74, 6) is 0.979. The molecule has 3 aromatic heterocycles. The minimum absolute atomic E-state index is 0.170. The third kappa shape index (κ3) is 3.93. The number of aryl methyl sites for hydroxylation is 1. The Kier molecular flexibility index (Phi) is 5.75. The Morgan fingerprint density at radius 1 is 1.25 bits per heavy atom. The van der Waals surface area contributed by atoms with E-state index in [1.165, 1.54) is 4.88 Å². The molecule has 9 heteroatoms. The van der Waals surface area contributed by atoms with Crippen molar-refractivity contribution in [1.29, 1.82) is 0 Å². The molecule has 4 aromatic rings. The van der Waals surface area contributed by atoms with Gasteiger partial charge in [-0.2, -0.15) is 0 Å². The molecule has 0 saturated carbocycles. The zero-order valence-corrected chi connectivity index (χ0v) is 19.2. The van der Waals surface area contributed by atoms with Crippen LogP contribution in [0.5, 0.6) is 0 Å². The number of hydrogen-bond acceptors (Lipinski definition) is 7. The summed E-state index contributed by atoms with van der Waals surface area (Å²) in [4.78, 5) is 13.3. The molecule has 7 nitrogen and oxygen atoms in total. The van der Waals surface area contributed by atoms with E-state index in [0.717, 1.165) is 40.7 Å². The van der Waals surface area contributed by atoms with Gasteiger partial charge in [0.2, 0.25) is 5.82 Å². The second-order valence-electron chi connectivity index (χ2n) is 7.69. The second kappa shape index (κ2) is 8.84. The van der Waals surface area contributed by atoms with Crippen LogP contribution in [0.3, 0.4) is 0 Å². The first-order valence-corrected chi connectivity index (χ1v) is 12.2. The largest absolute Gasteiger partial charge is 0.461 e. The molecule has 0 spiro atoms. The predicted molar refractivity (Wildman–Crippen MR) is 128 cm³/mol. The van der Waals surface area contributed by atoms with Gasteiger partial charge in [0, 0.05) is 22.4 Å². The minimum Gasteiger partial charge on any atom is -0.461 e. The molecule has 1 aliphatic carbocycles. The number of carbonyl (C=O) groups excluding carboxylic acids is 1. The van der Waals surface area contributed by atoms with E-state index in [1.54, 1.807) is 29.4 Å². The van der Waals surface area contributed by atoms with E-state index in [0.29, 0.717) is 23.7 Å². The minimum atomic E-state index is -0.348. The molecule has 32 heavy (non-hydrogen) atoms. The number of thiophene rings is 1. The van der Waals surface area contributed by atoms with E-state index < -0.39 is 0 Å². The lowest BCUT2D eigenvalue weighted by Gasteiger charge is -2.14. The van der Waals surface area contributed by atoms with E-state index in [2.05, 4.69) is 22.4 Å². The van der Waals surface area contributed by atoms with Crippen LogP contribution in [0.25, 0.3) is 17.3 Å². The monoisotopic (exact) mass is 465 g/mol. The summed E-state index contributed by atoms with van der Waals surface area (Å²) in [6.07, 6.45) is 4.70. The molecule has 0 aliphatic heterocycles. The van der Waals surface area contributed by atoms with Crippen LogP contribution in [0.2, 0.25) is 0 Å². The van der Waals surface area contributed by atoms with Gasteiger partial charge in [0.05, 0.1) is 11.8 Å². The third-order valence-corrected chi connectivity index (χ3v) is 7.71. The molecule has 1 aromatic carbocycles. The van der Waals surface area contributed by atoms with Gasteiger partial charge in [-0.1, -0.05) is 36.9 Å². The van der Waals surface area contributed by atoms with Crippen molar-refractivity contribution in [3.63, 3.8) is 0 Å². The Bertz CT molecular complexity index is 1230. The fraction of sp³-hybridized carbons (Fsp3) is 0.261. The summed E-state index contributed by atoms with van der Waals surface area (Å²) in [5.41, 5.74) is 8.47. The number of carbonyl (C=O) groups is 1. The highest BCUT2D eigenvalue weighted by Gasteiger charge is 2.26. The van der Waals surface area contributed by atoms with Gasteiger partial charge in [-0.25, -0.2) is 0 Å². The first-order valence-electron chi connectivity index (χ1n) is 10.5. The predicted octanol–water partition coefficient (Wildman–Crippen LogP) is 4.77. The van der Waals surface area contributed by atoms with Crippen molar-refractivity contribution in [2.24, 2.45) is 5.73 Å². The number of hydrogen-bond donors (Lipinski definition) is 2. The lowest BCUT2D eigenvalue weighted by Crippen LogP contribution is -2.18. The van der Waals surface area contributed by atoms with Gasteiger partial charge in [0.15, 0.2) is 10.9 Å². The van der Waals surface area contributed by atoms with Crippen molar-refractivity contribution in [2.75, 3.05) is 11.9 Å². The second-order valence-corrected chi connectivity index (χ2v) is 10.2. The van der Waals surface area contributed by atoms with Gasteiger partial charge in [-0.05, 0) is 49.1 Å². The standard InChI is InChI=1S/C23H23N5O2S2/c1-14(13-25-22-19(20(24)29)16-9-5-11-18(16)32-22)31-23-27-26-21(17-10-6-12-30-17)28(23)15-7-3-2-4-8-15/h2-4,6-8,10,12,14,25H,5,9,11,13H2,1H3,(H2,24,29). The highest BCUT2D eigenvalue weighted by Crippen LogP contribution is 2.39. The summed E-state index contributed by atoms with van der Waals surface area (Å²) in [7, 11) is 0. The summed E-state index contributed by atoms with van der Waals surface area (Å²) in [5, 5.41) is 14.1. The number of thioether (sulfide) groups is 1. The smallest absolute Gasteiger partial charge is 0.251 e. The van der Waals surface area contributed by atoms with Crippen LogP contribution in [-0.4, -0.2) is 32.5 Å². The Labute approximate surface area is 194 Å². The highest BCUT2D eigenvalue weighted by atomic mass is 32.2. The lowest BCUT2D eigenvalue weighted by atomic mass is 10.1. The Morgan fingerprint density at radius 3 is 2.84 bits per heavy atom. The van der Waals surface area contributed by atoms with Crippen LogP contribution < -0.4 is 11.1 Å². The normalized spacial score (nSPS) is 13.8. The van der Waals surface area contributed by atoms with E-state index >= 15 is 0 Å². The molecule has 1 atom stereocenters. The number of nitrogens with zero attached hydrogens (tertiary/aromatic N) is 3. The number of amides is 1. The van der Waals surface area contributed by atoms with Crippen molar-refractivity contribution in [1.82, 2.24) is 14.8 Å². The number of aromatic nitrogens is 3. The van der Waals surface area contributed by atoms with Crippen molar-refractivity contribution in [3.05, 3.63) is 64.7 Å². The third-order valence-electron chi connectivity index (χ3n) is 5.41. The van der Waals surface area contributed by atoms with Crippen LogP contribution in [0.15, 0.2) is 58.3 Å². The summed E-state index contributed by atoms with van der Waals surface area (Å²) in [6.45, 7) is 2.79. The number of furan rings is 1. The maximum Gasteiger partial charge on any atom is 0.251 e. The molecule has 0 saturated heterocycles. The number of benzene rings is 1. The molecular weight excluding hydrogens is 442 g/mol. The first-order chi connectivity index (χ1) is 15.6. The van der Waals surface area contributed by atoms with Gasteiger partial charge in [-0.15, -0.1) is 21.5 Å². The molecule has 1 aliphatic rings. The maximum absolute atomic E-state index is 12.0. The number of anilines is 1. The zero-order valence-electron chi connectivity index (χ0n) is 17.6. The van der Waals surface area contributed by atoms with Crippen LogP contribution in [-0.2, 0) is 12.8 Å². The fourth-order valence-electron chi connectivity index (χ4n) is 3.97. The maximum atomic E-state index is 12.0. The summed E-state index contributed by atoms with van der Waals surface area (Å²) < 4.78 is 7.59. The van der Waals surface area contributed by atoms with Gasteiger partial charge < -0.3 is 15.5 Å². The van der Waals surface area contributed by atoms with E-state index in [9.17, 15) is 4.79 Å². The molecule has 1 unspecified atom stereocenters. The average Bonchev–Trinajstić information content (AvgIpc) is 3.55. The Morgan fingerprint density at radius 2 is 2.09 bits per heavy atom. The highest BCUT2D eigenvalue weighted by molar-refractivity contribution is 7.99. The van der Waals surface area contributed by atoms with Crippen LogP contribution in [0, 0.1) is 0 Å². The molecule has 1 amide bonds. The number of para-hydroxylation sites is 1. The van der Waals surface area contributed by atoms with Crippen molar-refractivity contribution >= 4 is 34.0 Å². The molecule has 0 bridgehead atoms. The summed E-state index contributed by atoms with van der Waals surface area (Å²) in [6, 6.07) is 13.7. The molecule has 3 N–H and O–H groups in total. The lowest BCUT2D eigenvalue weighted by molar-refractivity contribution is 0.100. The van der Waals surface area contributed by atoms with Crippen LogP contribution in [0.1, 0.15) is 34.1 Å². The van der Waals surface area contributed by atoms with Gasteiger partial charge in [-0.3, -0.25) is 9.36 Å². The van der Waals surface area contributed by atoms with Crippen molar-refractivity contribution < 1.29 is 9.21 Å². The zero-order chi connectivity index (χ0) is 22.1. The number of primary amides is 1. The Hall–Kier alpha value is -3.04. The van der Waals surface area contributed by atoms with Gasteiger partial charge in [0.1, 0.15) is 5.00 Å².